The maximum Gasteiger partial charge on any atom is 0.261 e. The van der Waals surface area contributed by atoms with Crippen molar-refractivity contribution in [3.05, 3.63) is 89.5 Å². The summed E-state index contributed by atoms with van der Waals surface area (Å²) in [5, 5.41) is 7.49. The number of aryl methyl sites for hydroxylation is 2. The summed E-state index contributed by atoms with van der Waals surface area (Å²) >= 11 is 0. The Kier molecular flexibility index (Phi) is 6.46. The molecule has 0 bridgehead atoms. The van der Waals surface area contributed by atoms with E-state index >= 15 is 0 Å². The van der Waals surface area contributed by atoms with E-state index in [0.29, 0.717) is 5.69 Å². The Morgan fingerprint density at radius 3 is 2.50 bits per heavy atom. The van der Waals surface area contributed by atoms with E-state index in [2.05, 4.69) is 9.62 Å². The first-order valence-corrected chi connectivity index (χ1v) is 12.3. The molecule has 32 heavy (non-hydrogen) atoms. The number of nitrogens with zero attached hydrogens (tertiary/aromatic N) is 1. The number of hydrogen-bond donors (Lipinski definition) is 3. The van der Waals surface area contributed by atoms with Gasteiger partial charge in [0.05, 0.1) is 4.90 Å². The van der Waals surface area contributed by atoms with Gasteiger partial charge in [-0.3, -0.25) is 10.1 Å². The van der Waals surface area contributed by atoms with Gasteiger partial charge in [-0.15, -0.1) is 0 Å². The molecule has 1 heterocycles. The molecule has 4 rings (SSSR count). The molecule has 0 atom stereocenters. The number of anilines is 2. The summed E-state index contributed by atoms with van der Waals surface area (Å²) in [6.07, 6.45) is 3.97. The quantitative estimate of drug-likeness (QED) is 0.356. The molecule has 0 aliphatic carbocycles. The lowest BCUT2D eigenvalue weighted by atomic mass is 10.00. The monoisotopic (exact) mass is 448 g/mol. The first kappa shape index (κ1) is 21.9. The summed E-state index contributed by atoms with van der Waals surface area (Å²) in [5.74, 6) is 0.0897. The zero-order valence-corrected chi connectivity index (χ0v) is 18.7. The Balaban J connectivity index is 1.40. The zero-order valence-electron chi connectivity index (χ0n) is 17.9. The summed E-state index contributed by atoms with van der Waals surface area (Å²) in [4.78, 5) is 2.65. The largest absolute Gasteiger partial charge is 0.384 e. The molecule has 4 N–H and O–H groups in total. The van der Waals surface area contributed by atoms with Gasteiger partial charge < -0.3 is 10.6 Å². The normalized spacial score (nSPS) is 13.4. The SMILES string of the molecule is N=C(N)c1ccc(CCCN2CCCc3cc(NS(=O)(=O)c4ccccc4)ccc32)cc1. The minimum atomic E-state index is -3.59. The molecule has 3 aromatic carbocycles. The first-order chi connectivity index (χ1) is 15.4. The van der Waals surface area contributed by atoms with Gasteiger partial charge in [0.1, 0.15) is 5.84 Å². The molecule has 7 heteroatoms. The highest BCUT2D eigenvalue weighted by Crippen LogP contribution is 2.30. The van der Waals surface area contributed by atoms with E-state index in [1.165, 1.54) is 16.8 Å². The summed E-state index contributed by atoms with van der Waals surface area (Å²) in [5.41, 5.74) is 10.5. The number of nitrogen functional groups attached to an aromatic ring is 1. The fourth-order valence-corrected chi connectivity index (χ4v) is 5.18. The van der Waals surface area contributed by atoms with Gasteiger partial charge in [-0.1, -0.05) is 42.5 Å². The second kappa shape index (κ2) is 9.44. The Morgan fingerprint density at radius 1 is 1.03 bits per heavy atom. The van der Waals surface area contributed by atoms with Crippen LogP contribution in [0.25, 0.3) is 0 Å². The third-order valence-corrected chi connectivity index (χ3v) is 7.16. The van der Waals surface area contributed by atoms with Crippen LogP contribution in [0, 0.1) is 5.41 Å². The molecule has 1 aliphatic rings. The van der Waals surface area contributed by atoms with Crippen LogP contribution in [0.15, 0.2) is 77.7 Å². The molecule has 0 aromatic heterocycles. The van der Waals surface area contributed by atoms with Crippen molar-refractivity contribution in [3.8, 4) is 0 Å². The van der Waals surface area contributed by atoms with Crippen LogP contribution < -0.4 is 15.4 Å². The van der Waals surface area contributed by atoms with E-state index in [-0.39, 0.29) is 10.7 Å². The van der Waals surface area contributed by atoms with E-state index in [1.54, 1.807) is 30.3 Å². The Labute approximate surface area is 189 Å². The number of amidine groups is 1. The molecule has 0 saturated heterocycles. The highest BCUT2D eigenvalue weighted by atomic mass is 32.2. The number of nitrogens with two attached hydrogens (primary N) is 1. The third-order valence-electron chi connectivity index (χ3n) is 5.76. The highest BCUT2D eigenvalue weighted by molar-refractivity contribution is 7.92. The molecule has 0 saturated carbocycles. The lowest BCUT2D eigenvalue weighted by molar-refractivity contribution is 0.601. The predicted octanol–water partition coefficient (Wildman–Crippen LogP) is 4.16. The summed E-state index contributed by atoms with van der Waals surface area (Å²) in [6, 6.07) is 22.1. The van der Waals surface area contributed by atoms with Crippen LogP contribution >= 0.6 is 0 Å². The van der Waals surface area contributed by atoms with E-state index < -0.39 is 10.0 Å². The van der Waals surface area contributed by atoms with Crippen LogP contribution in [0.3, 0.4) is 0 Å². The Hall–Kier alpha value is -3.32. The smallest absolute Gasteiger partial charge is 0.261 e. The number of hydrogen-bond acceptors (Lipinski definition) is 4. The van der Waals surface area contributed by atoms with Gasteiger partial charge in [0.25, 0.3) is 10.0 Å². The molecular formula is C25H28N4O2S. The maximum atomic E-state index is 12.6. The molecule has 1 aliphatic heterocycles. The topological polar surface area (TPSA) is 99.3 Å². The fourth-order valence-electron chi connectivity index (χ4n) is 4.11. The van der Waals surface area contributed by atoms with Crippen molar-refractivity contribution in [2.75, 3.05) is 22.7 Å². The van der Waals surface area contributed by atoms with Crippen LogP contribution in [0.2, 0.25) is 0 Å². The van der Waals surface area contributed by atoms with Gasteiger partial charge in [-0.25, -0.2) is 8.42 Å². The van der Waals surface area contributed by atoms with E-state index in [9.17, 15) is 8.42 Å². The van der Waals surface area contributed by atoms with Gasteiger partial charge in [0, 0.05) is 30.0 Å². The molecule has 166 valence electrons. The van der Waals surface area contributed by atoms with E-state index in [1.807, 2.05) is 42.5 Å². The minimum absolute atomic E-state index is 0.0897. The number of fused-ring (bicyclic) bond motifs is 1. The van der Waals surface area contributed by atoms with E-state index in [0.717, 1.165) is 44.3 Å². The number of rotatable bonds is 8. The standard InChI is InChI=1S/C25H28N4O2S/c26-25(27)20-12-10-19(11-13-20)6-4-16-29-17-5-7-21-18-22(14-15-24(21)29)28-32(30,31)23-8-2-1-3-9-23/h1-3,8-15,18,28H,4-7,16-17H2,(H3,26,27). The Morgan fingerprint density at radius 2 is 1.78 bits per heavy atom. The molecule has 0 radical (unpaired) electrons. The van der Waals surface area contributed by atoms with Crippen LogP contribution in [-0.2, 0) is 22.9 Å². The van der Waals surface area contributed by atoms with Gasteiger partial charge in [-0.05, 0) is 67.1 Å². The minimum Gasteiger partial charge on any atom is -0.384 e. The molecule has 6 nitrogen and oxygen atoms in total. The second-order valence-electron chi connectivity index (χ2n) is 8.07. The van der Waals surface area contributed by atoms with Crippen LogP contribution in [0.5, 0.6) is 0 Å². The fraction of sp³-hybridized carbons (Fsp3) is 0.240. The van der Waals surface area contributed by atoms with Crippen molar-refractivity contribution < 1.29 is 8.42 Å². The van der Waals surface area contributed by atoms with Crippen molar-refractivity contribution in [1.82, 2.24) is 0 Å². The lowest BCUT2D eigenvalue weighted by Gasteiger charge is -2.31. The summed E-state index contributed by atoms with van der Waals surface area (Å²) in [6.45, 7) is 1.95. The van der Waals surface area contributed by atoms with Gasteiger partial charge >= 0.3 is 0 Å². The van der Waals surface area contributed by atoms with Crippen LogP contribution in [0.4, 0.5) is 11.4 Å². The van der Waals surface area contributed by atoms with Gasteiger partial charge in [0.15, 0.2) is 0 Å². The third kappa shape index (κ3) is 5.11. The summed E-state index contributed by atoms with van der Waals surface area (Å²) in [7, 11) is -3.59. The van der Waals surface area contributed by atoms with Crippen LogP contribution in [0.1, 0.15) is 29.5 Å². The lowest BCUT2D eigenvalue weighted by Crippen LogP contribution is -2.30. The molecular weight excluding hydrogens is 420 g/mol. The first-order valence-electron chi connectivity index (χ1n) is 10.8. The highest BCUT2D eigenvalue weighted by Gasteiger charge is 2.19. The molecule has 0 unspecified atom stereocenters. The molecule has 0 spiro atoms. The van der Waals surface area contributed by atoms with Crippen LogP contribution in [-0.4, -0.2) is 27.3 Å². The Bertz CT molecular complexity index is 1190. The zero-order chi connectivity index (χ0) is 22.6. The van der Waals surface area contributed by atoms with E-state index in [4.69, 9.17) is 11.1 Å². The van der Waals surface area contributed by atoms with Gasteiger partial charge in [0.2, 0.25) is 0 Å². The number of benzene rings is 3. The average molecular weight is 449 g/mol. The van der Waals surface area contributed by atoms with Crippen molar-refractivity contribution in [2.45, 2.75) is 30.6 Å². The molecule has 3 aromatic rings. The van der Waals surface area contributed by atoms with Crippen molar-refractivity contribution in [1.29, 1.82) is 5.41 Å². The number of nitrogens with one attached hydrogen (secondary N) is 2. The number of sulfonamides is 1. The van der Waals surface area contributed by atoms with Crippen molar-refractivity contribution in [2.24, 2.45) is 5.73 Å². The van der Waals surface area contributed by atoms with Gasteiger partial charge in [-0.2, -0.15) is 0 Å². The second-order valence-corrected chi connectivity index (χ2v) is 9.75. The maximum absolute atomic E-state index is 12.6. The molecule has 0 amide bonds. The predicted molar refractivity (Wildman–Crippen MR) is 130 cm³/mol. The average Bonchev–Trinajstić information content (AvgIpc) is 2.80. The van der Waals surface area contributed by atoms with Crippen molar-refractivity contribution in [3.63, 3.8) is 0 Å². The molecule has 0 fully saturated rings. The van der Waals surface area contributed by atoms with Crippen molar-refractivity contribution >= 4 is 27.2 Å². The summed E-state index contributed by atoms with van der Waals surface area (Å²) < 4.78 is 28.0.